The summed E-state index contributed by atoms with van der Waals surface area (Å²) in [6, 6.07) is 0.162. The molecule has 0 aliphatic heterocycles. The SMILES string of the molecule is CCCNC(C)c1nc(C2CCC(C)C2)no1. The Kier molecular flexibility index (Phi) is 4.15. The number of aromatic nitrogens is 2. The van der Waals surface area contributed by atoms with Crippen LogP contribution < -0.4 is 5.32 Å². The zero-order valence-electron chi connectivity index (χ0n) is 11.1. The van der Waals surface area contributed by atoms with Gasteiger partial charge < -0.3 is 9.84 Å². The summed E-state index contributed by atoms with van der Waals surface area (Å²) in [4.78, 5) is 4.54. The topological polar surface area (TPSA) is 51.0 Å². The highest BCUT2D eigenvalue weighted by molar-refractivity contribution is 5.00. The molecule has 4 heteroatoms. The average molecular weight is 237 g/mol. The van der Waals surface area contributed by atoms with Crippen LogP contribution in [0.2, 0.25) is 0 Å². The molecule has 1 aromatic rings. The molecule has 0 spiro atoms. The highest BCUT2D eigenvalue weighted by Gasteiger charge is 2.27. The number of rotatable bonds is 5. The molecule has 3 unspecified atom stereocenters. The second-order valence-corrected chi connectivity index (χ2v) is 5.28. The van der Waals surface area contributed by atoms with Crippen LogP contribution in [0.25, 0.3) is 0 Å². The fourth-order valence-electron chi connectivity index (χ4n) is 2.48. The Hall–Kier alpha value is -0.900. The van der Waals surface area contributed by atoms with Crippen molar-refractivity contribution >= 4 is 0 Å². The molecule has 1 heterocycles. The van der Waals surface area contributed by atoms with Crippen LogP contribution in [-0.4, -0.2) is 16.7 Å². The van der Waals surface area contributed by atoms with Crippen LogP contribution in [0, 0.1) is 5.92 Å². The third-order valence-electron chi connectivity index (χ3n) is 3.59. The summed E-state index contributed by atoms with van der Waals surface area (Å²) in [5.41, 5.74) is 0. The van der Waals surface area contributed by atoms with Gasteiger partial charge in [-0.2, -0.15) is 4.98 Å². The van der Waals surface area contributed by atoms with Crippen molar-refractivity contribution in [3.63, 3.8) is 0 Å². The zero-order chi connectivity index (χ0) is 12.3. The maximum atomic E-state index is 5.35. The maximum absolute atomic E-state index is 5.35. The highest BCUT2D eigenvalue weighted by Crippen LogP contribution is 2.36. The molecular weight excluding hydrogens is 214 g/mol. The lowest BCUT2D eigenvalue weighted by Gasteiger charge is -2.07. The Bertz CT molecular complexity index is 350. The lowest BCUT2D eigenvalue weighted by atomic mass is 10.1. The summed E-state index contributed by atoms with van der Waals surface area (Å²) in [7, 11) is 0. The molecule has 1 aromatic heterocycles. The van der Waals surface area contributed by atoms with E-state index >= 15 is 0 Å². The largest absolute Gasteiger partial charge is 0.338 e. The van der Waals surface area contributed by atoms with E-state index in [-0.39, 0.29) is 6.04 Å². The van der Waals surface area contributed by atoms with Gasteiger partial charge in [-0.1, -0.05) is 19.0 Å². The monoisotopic (exact) mass is 237 g/mol. The molecule has 0 aromatic carbocycles. The van der Waals surface area contributed by atoms with Gasteiger partial charge in [-0.25, -0.2) is 0 Å². The fraction of sp³-hybridized carbons (Fsp3) is 0.846. The summed E-state index contributed by atoms with van der Waals surface area (Å²) in [5, 5.41) is 7.50. The molecule has 1 fully saturated rings. The van der Waals surface area contributed by atoms with Crippen molar-refractivity contribution in [3.8, 4) is 0 Å². The first-order valence-electron chi connectivity index (χ1n) is 6.77. The molecule has 0 bridgehead atoms. The third-order valence-corrected chi connectivity index (χ3v) is 3.59. The van der Waals surface area contributed by atoms with E-state index in [0.717, 1.165) is 30.6 Å². The van der Waals surface area contributed by atoms with Crippen LogP contribution >= 0.6 is 0 Å². The normalized spacial score (nSPS) is 26.3. The summed E-state index contributed by atoms with van der Waals surface area (Å²) in [5.74, 6) is 2.96. The average Bonchev–Trinajstić information content (AvgIpc) is 2.93. The molecule has 1 N–H and O–H groups in total. The molecule has 0 amide bonds. The summed E-state index contributed by atoms with van der Waals surface area (Å²) in [6.45, 7) is 7.51. The van der Waals surface area contributed by atoms with Gasteiger partial charge in [0.15, 0.2) is 5.82 Å². The first kappa shape index (κ1) is 12.6. The van der Waals surface area contributed by atoms with Crippen molar-refractivity contribution in [2.75, 3.05) is 6.54 Å². The molecule has 2 rings (SSSR count). The minimum Gasteiger partial charge on any atom is -0.338 e. The zero-order valence-corrected chi connectivity index (χ0v) is 11.1. The Morgan fingerprint density at radius 3 is 2.94 bits per heavy atom. The second kappa shape index (κ2) is 5.63. The maximum Gasteiger partial charge on any atom is 0.243 e. The van der Waals surface area contributed by atoms with E-state index in [1.165, 1.54) is 19.3 Å². The molecule has 17 heavy (non-hydrogen) atoms. The van der Waals surface area contributed by atoms with Crippen LogP contribution in [0.15, 0.2) is 4.52 Å². The molecule has 96 valence electrons. The van der Waals surface area contributed by atoms with Gasteiger partial charge in [-0.3, -0.25) is 0 Å². The lowest BCUT2D eigenvalue weighted by molar-refractivity contribution is 0.334. The Morgan fingerprint density at radius 2 is 2.29 bits per heavy atom. The minimum atomic E-state index is 0.162. The quantitative estimate of drug-likeness (QED) is 0.855. The molecule has 1 saturated carbocycles. The van der Waals surface area contributed by atoms with E-state index < -0.39 is 0 Å². The lowest BCUT2D eigenvalue weighted by Crippen LogP contribution is -2.19. The van der Waals surface area contributed by atoms with E-state index in [0.29, 0.717) is 5.92 Å². The standard InChI is InChI=1S/C13H23N3O/c1-4-7-14-10(3)13-15-12(16-17-13)11-6-5-9(2)8-11/h9-11,14H,4-8H2,1-3H3. The van der Waals surface area contributed by atoms with Gasteiger partial charge in [0.05, 0.1) is 6.04 Å². The highest BCUT2D eigenvalue weighted by atomic mass is 16.5. The minimum absolute atomic E-state index is 0.162. The van der Waals surface area contributed by atoms with Crippen molar-refractivity contribution in [2.45, 2.75) is 58.4 Å². The molecular formula is C13H23N3O. The van der Waals surface area contributed by atoms with Gasteiger partial charge in [0, 0.05) is 5.92 Å². The van der Waals surface area contributed by atoms with Crippen molar-refractivity contribution in [1.82, 2.24) is 15.5 Å². The summed E-state index contributed by atoms with van der Waals surface area (Å²) >= 11 is 0. The van der Waals surface area contributed by atoms with Crippen LogP contribution in [0.4, 0.5) is 0 Å². The number of nitrogens with one attached hydrogen (secondary N) is 1. The van der Waals surface area contributed by atoms with Gasteiger partial charge in [0.25, 0.3) is 0 Å². The van der Waals surface area contributed by atoms with Crippen LogP contribution in [0.1, 0.15) is 70.1 Å². The predicted octanol–water partition coefficient (Wildman–Crippen LogP) is 3.03. The molecule has 1 aliphatic rings. The third kappa shape index (κ3) is 3.06. The van der Waals surface area contributed by atoms with E-state index in [1.54, 1.807) is 0 Å². The van der Waals surface area contributed by atoms with Crippen molar-refractivity contribution < 1.29 is 4.52 Å². The van der Waals surface area contributed by atoms with Gasteiger partial charge in [0.1, 0.15) is 0 Å². The fourth-order valence-corrected chi connectivity index (χ4v) is 2.48. The summed E-state index contributed by atoms with van der Waals surface area (Å²) < 4.78 is 5.35. The Labute approximate surface area is 103 Å². The predicted molar refractivity (Wildman–Crippen MR) is 66.8 cm³/mol. The van der Waals surface area contributed by atoms with Gasteiger partial charge in [-0.15, -0.1) is 0 Å². The molecule has 0 radical (unpaired) electrons. The molecule has 0 saturated heterocycles. The van der Waals surface area contributed by atoms with Crippen molar-refractivity contribution in [2.24, 2.45) is 5.92 Å². The van der Waals surface area contributed by atoms with Crippen LogP contribution in [-0.2, 0) is 0 Å². The van der Waals surface area contributed by atoms with Gasteiger partial charge in [0.2, 0.25) is 5.89 Å². The first-order chi connectivity index (χ1) is 8.20. The van der Waals surface area contributed by atoms with Crippen molar-refractivity contribution in [1.29, 1.82) is 0 Å². The van der Waals surface area contributed by atoms with E-state index in [9.17, 15) is 0 Å². The van der Waals surface area contributed by atoms with Crippen LogP contribution in [0.5, 0.6) is 0 Å². The number of hydrogen-bond acceptors (Lipinski definition) is 4. The summed E-state index contributed by atoms with van der Waals surface area (Å²) in [6.07, 6.45) is 4.82. The van der Waals surface area contributed by atoms with Crippen LogP contribution in [0.3, 0.4) is 0 Å². The van der Waals surface area contributed by atoms with Gasteiger partial charge in [-0.05, 0) is 45.1 Å². The second-order valence-electron chi connectivity index (χ2n) is 5.28. The van der Waals surface area contributed by atoms with E-state index in [1.807, 2.05) is 0 Å². The van der Waals surface area contributed by atoms with E-state index in [4.69, 9.17) is 4.52 Å². The Morgan fingerprint density at radius 1 is 1.47 bits per heavy atom. The first-order valence-corrected chi connectivity index (χ1v) is 6.77. The molecule has 3 atom stereocenters. The van der Waals surface area contributed by atoms with E-state index in [2.05, 4.69) is 36.2 Å². The Balaban J connectivity index is 1.95. The molecule has 4 nitrogen and oxygen atoms in total. The number of hydrogen-bond donors (Lipinski definition) is 1. The molecule has 1 aliphatic carbocycles. The number of nitrogens with zero attached hydrogens (tertiary/aromatic N) is 2. The smallest absolute Gasteiger partial charge is 0.243 e. The van der Waals surface area contributed by atoms with Crippen molar-refractivity contribution in [3.05, 3.63) is 11.7 Å². The van der Waals surface area contributed by atoms with Gasteiger partial charge >= 0.3 is 0 Å².